The zero-order chi connectivity index (χ0) is 14.7. The molecule has 0 amide bonds. The molecule has 4 heteroatoms. The number of hydrogen-bond donors (Lipinski definition) is 1. The van der Waals surface area contributed by atoms with Gasteiger partial charge in [-0.05, 0) is 30.9 Å². The van der Waals surface area contributed by atoms with Crippen molar-refractivity contribution in [3.63, 3.8) is 0 Å². The summed E-state index contributed by atoms with van der Waals surface area (Å²) < 4.78 is 1.78. The molecule has 3 nitrogen and oxygen atoms in total. The molecule has 0 saturated heterocycles. The van der Waals surface area contributed by atoms with E-state index in [1.807, 2.05) is 26.1 Å². The number of aliphatic hydroxyl groups is 1. The molecular weight excluding hydrogens is 272 g/mol. The minimum atomic E-state index is -0.450. The summed E-state index contributed by atoms with van der Waals surface area (Å²) >= 11 is 6.31. The second-order valence-corrected chi connectivity index (χ2v) is 5.55. The topological polar surface area (TPSA) is 38.0 Å². The first-order chi connectivity index (χ1) is 9.52. The Labute approximate surface area is 125 Å². The molecule has 1 aromatic heterocycles. The van der Waals surface area contributed by atoms with Crippen molar-refractivity contribution >= 4 is 11.6 Å². The van der Waals surface area contributed by atoms with Crippen molar-refractivity contribution < 1.29 is 5.11 Å². The van der Waals surface area contributed by atoms with E-state index in [1.165, 1.54) is 11.1 Å². The average Bonchev–Trinajstić information content (AvgIpc) is 2.69. The average molecular weight is 293 g/mol. The molecule has 0 saturated carbocycles. The quantitative estimate of drug-likeness (QED) is 0.919. The van der Waals surface area contributed by atoms with Gasteiger partial charge in [0.25, 0.3) is 0 Å². The first-order valence-electron chi connectivity index (χ1n) is 6.95. The predicted octanol–water partition coefficient (Wildman–Crippen LogP) is 3.09. The minimum absolute atomic E-state index is 0.450. The summed E-state index contributed by atoms with van der Waals surface area (Å²) in [6.45, 7) is 4.09. The number of hydrogen-bond acceptors (Lipinski definition) is 2. The number of aliphatic hydroxyl groups excluding tert-OH is 1. The van der Waals surface area contributed by atoms with Gasteiger partial charge in [-0.1, -0.05) is 42.8 Å². The second kappa shape index (κ2) is 6.42. The third-order valence-electron chi connectivity index (χ3n) is 3.65. The van der Waals surface area contributed by atoms with Crippen molar-refractivity contribution in [3.05, 3.63) is 51.8 Å². The fourth-order valence-corrected chi connectivity index (χ4v) is 2.80. The van der Waals surface area contributed by atoms with Crippen LogP contribution in [0.15, 0.2) is 24.3 Å². The summed E-state index contributed by atoms with van der Waals surface area (Å²) in [5.74, 6) is 0. The normalized spacial score (nSPS) is 12.7. The van der Waals surface area contributed by atoms with E-state index < -0.39 is 6.10 Å². The van der Waals surface area contributed by atoms with E-state index in [-0.39, 0.29) is 0 Å². The van der Waals surface area contributed by atoms with E-state index in [4.69, 9.17) is 11.6 Å². The van der Waals surface area contributed by atoms with Gasteiger partial charge in [0.1, 0.15) is 0 Å². The molecule has 1 heterocycles. The molecule has 0 bridgehead atoms. The van der Waals surface area contributed by atoms with Crippen LogP contribution in [-0.2, 0) is 26.3 Å². The van der Waals surface area contributed by atoms with Crippen LogP contribution >= 0.6 is 11.6 Å². The Kier molecular flexibility index (Phi) is 4.84. The lowest BCUT2D eigenvalue weighted by Crippen LogP contribution is -2.17. The SMILES string of the molecule is CCc1nn(C)c(CC(O)Cc2ccccc2C)c1Cl. The fourth-order valence-electron chi connectivity index (χ4n) is 2.43. The lowest BCUT2D eigenvalue weighted by Gasteiger charge is -2.13. The van der Waals surface area contributed by atoms with Crippen molar-refractivity contribution in [2.45, 2.75) is 39.2 Å². The van der Waals surface area contributed by atoms with Crippen LogP contribution in [0, 0.1) is 6.92 Å². The summed E-state index contributed by atoms with van der Waals surface area (Å²) in [4.78, 5) is 0. The summed E-state index contributed by atoms with van der Waals surface area (Å²) in [5.41, 5.74) is 4.18. The van der Waals surface area contributed by atoms with Crippen LogP contribution in [0.5, 0.6) is 0 Å². The molecule has 0 fully saturated rings. The number of aryl methyl sites for hydroxylation is 3. The highest BCUT2D eigenvalue weighted by Gasteiger charge is 2.17. The maximum absolute atomic E-state index is 10.3. The molecule has 0 spiro atoms. The molecule has 1 N–H and O–H groups in total. The fraction of sp³-hybridized carbons (Fsp3) is 0.438. The Morgan fingerprint density at radius 3 is 2.60 bits per heavy atom. The van der Waals surface area contributed by atoms with Gasteiger partial charge < -0.3 is 5.11 Å². The van der Waals surface area contributed by atoms with E-state index in [2.05, 4.69) is 24.2 Å². The highest BCUT2D eigenvalue weighted by molar-refractivity contribution is 6.31. The number of aromatic nitrogens is 2. The van der Waals surface area contributed by atoms with E-state index in [9.17, 15) is 5.11 Å². The zero-order valence-electron chi connectivity index (χ0n) is 12.2. The van der Waals surface area contributed by atoms with Crippen LogP contribution < -0.4 is 0 Å². The Morgan fingerprint density at radius 2 is 2.00 bits per heavy atom. The lowest BCUT2D eigenvalue weighted by atomic mass is 10.00. The summed E-state index contributed by atoms with van der Waals surface area (Å²) in [7, 11) is 1.88. The zero-order valence-corrected chi connectivity index (χ0v) is 13.0. The maximum atomic E-state index is 10.3. The maximum Gasteiger partial charge on any atom is 0.0850 e. The first-order valence-corrected chi connectivity index (χ1v) is 7.33. The molecule has 0 aliphatic carbocycles. The van der Waals surface area contributed by atoms with Crippen molar-refractivity contribution in [2.75, 3.05) is 0 Å². The molecular formula is C16H21ClN2O. The van der Waals surface area contributed by atoms with E-state index in [0.717, 1.165) is 17.8 Å². The van der Waals surface area contributed by atoms with E-state index in [1.54, 1.807) is 4.68 Å². The molecule has 1 unspecified atom stereocenters. The smallest absolute Gasteiger partial charge is 0.0850 e. The van der Waals surface area contributed by atoms with Gasteiger partial charge in [-0.15, -0.1) is 0 Å². The molecule has 1 aromatic carbocycles. The van der Waals surface area contributed by atoms with Crippen molar-refractivity contribution in [3.8, 4) is 0 Å². The summed E-state index contributed by atoms with van der Waals surface area (Å²) in [6, 6.07) is 8.13. The van der Waals surface area contributed by atoms with Gasteiger partial charge in [0, 0.05) is 13.5 Å². The molecule has 2 rings (SSSR count). The van der Waals surface area contributed by atoms with Crippen molar-refractivity contribution in [1.29, 1.82) is 0 Å². The van der Waals surface area contributed by atoms with Gasteiger partial charge in [0.05, 0.1) is 22.5 Å². The number of halogens is 1. The third kappa shape index (κ3) is 3.22. The Morgan fingerprint density at radius 1 is 1.30 bits per heavy atom. The lowest BCUT2D eigenvalue weighted by molar-refractivity contribution is 0.172. The molecule has 0 radical (unpaired) electrons. The van der Waals surface area contributed by atoms with Crippen LogP contribution in [0.3, 0.4) is 0 Å². The van der Waals surface area contributed by atoms with Crippen LogP contribution in [0.2, 0.25) is 5.02 Å². The Bertz CT molecular complexity index is 592. The molecule has 2 aromatic rings. The second-order valence-electron chi connectivity index (χ2n) is 5.17. The number of nitrogens with zero attached hydrogens (tertiary/aromatic N) is 2. The first kappa shape index (κ1) is 15.1. The number of rotatable bonds is 5. The minimum Gasteiger partial charge on any atom is -0.392 e. The third-order valence-corrected chi connectivity index (χ3v) is 4.09. The largest absolute Gasteiger partial charge is 0.392 e. The molecule has 0 aliphatic heterocycles. The highest BCUT2D eigenvalue weighted by atomic mass is 35.5. The van der Waals surface area contributed by atoms with Gasteiger partial charge in [0.2, 0.25) is 0 Å². The van der Waals surface area contributed by atoms with Crippen LogP contribution in [0.1, 0.15) is 29.4 Å². The molecule has 108 valence electrons. The van der Waals surface area contributed by atoms with Crippen molar-refractivity contribution in [1.82, 2.24) is 9.78 Å². The highest BCUT2D eigenvalue weighted by Crippen LogP contribution is 2.23. The summed E-state index contributed by atoms with van der Waals surface area (Å²) in [6.07, 6.45) is 1.51. The van der Waals surface area contributed by atoms with Gasteiger partial charge in [-0.2, -0.15) is 5.10 Å². The van der Waals surface area contributed by atoms with Gasteiger partial charge in [-0.25, -0.2) is 0 Å². The molecule has 1 atom stereocenters. The van der Waals surface area contributed by atoms with Gasteiger partial charge in [0.15, 0.2) is 0 Å². The van der Waals surface area contributed by atoms with Gasteiger partial charge in [-0.3, -0.25) is 4.68 Å². The molecule has 20 heavy (non-hydrogen) atoms. The standard InChI is InChI=1S/C16H21ClN2O/c1-4-14-16(17)15(19(3)18-14)10-13(20)9-12-8-6-5-7-11(12)2/h5-8,13,20H,4,9-10H2,1-3H3. The molecule has 0 aliphatic rings. The van der Waals surface area contributed by atoms with Crippen molar-refractivity contribution in [2.24, 2.45) is 7.05 Å². The predicted molar refractivity (Wildman–Crippen MR) is 82.2 cm³/mol. The Hall–Kier alpha value is -1.32. The Balaban J connectivity index is 2.11. The summed E-state index contributed by atoms with van der Waals surface area (Å²) in [5, 5.41) is 15.4. The monoisotopic (exact) mass is 292 g/mol. The van der Waals surface area contributed by atoms with E-state index in [0.29, 0.717) is 17.9 Å². The van der Waals surface area contributed by atoms with Gasteiger partial charge >= 0.3 is 0 Å². The van der Waals surface area contributed by atoms with Crippen LogP contribution in [0.25, 0.3) is 0 Å². The van der Waals surface area contributed by atoms with E-state index >= 15 is 0 Å². The van der Waals surface area contributed by atoms with Crippen LogP contribution in [0.4, 0.5) is 0 Å². The number of benzene rings is 1. The van der Waals surface area contributed by atoms with Crippen LogP contribution in [-0.4, -0.2) is 21.0 Å².